The molecular weight excluding hydrogens is 398 g/mol. The molecule has 1 saturated heterocycles. The van der Waals surface area contributed by atoms with Crippen LogP contribution in [0.1, 0.15) is 51.0 Å². The van der Waals surface area contributed by atoms with Crippen LogP contribution in [0.5, 0.6) is 0 Å². The van der Waals surface area contributed by atoms with Gasteiger partial charge in [-0.3, -0.25) is 0 Å². The molecule has 2 heterocycles. The van der Waals surface area contributed by atoms with Gasteiger partial charge < -0.3 is 4.52 Å². The summed E-state index contributed by atoms with van der Waals surface area (Å²) >= 11 is 0. The van der Waals surface area contributed by atoms with E-state index in [0.717, 1.165) is 11.1 Å². The Bertz CT molecular complexity index is 1090. The fourth-order valence-electron chi connectivity index (χ4n) is 3.72. The lowest BCUT2D eigenvalue weighted by molar-refractivity contribution is 0.271. The minimum atomic E-state index is -3.50. The molecule has 7 heteroatoms. The second-order valence-corrected chi connectivity index (χ2v) is 10.7. The highest BCUT2D eigenvalue weighted by molar-refractivity contribution is 7.89. The van der Waals surface area contributed by atoms with E-state index in [1.807, 2.05) is 42.5 Å². The van der Waals surface area contributed by atoms with Crippen LogP contribution in [0, 0.1) is 0 Å². The van der Waals surface area contributed by atoms with Gasteiger partial charge in [0.2, 0.25) is 21.7 Å². The maximum absolute atomic E-state index is 13.1. The summed E-state index contributed by atoms with van der Waals surface area (Å²) in [6.07, 6.45) is 1.32. The molecule has 0 atom stereocenters. The molecule has 30 heavy (non-hydrogen) atoms. The van der Waals surface area contributed by atoms with E-state index in [4.69, 9.17) is 4.52 Å². The third-order valence-electron chi connectivity index (χ3n) is 5.64. The summed E-state index contributed by atoms with van der Waals surface area (Å²) in [6, 6.07) is 16.9. The second kappa shape index (κ2) is 7.96. The Balaban J connectivity index is 1.43. The van der Waals surface area contributed by atoms with Crippen LogP contribution in [0.4, 0.5) is 0 Å². The van der Waals surface area contributed by atoms with E-state index in [-0.39, 0.29) is 11.3 Å². The van der Waals surface area contributed by atoms with Gasteiger partial charge in [-0.05, 0) is 36.0 Å². The van der Waals surface area contributed by atoms with E-state index in [9.17, 15) is 8.42 Å². The molecular formula is C23H27N3O3S. The Morgan fingerprint density at radius 3 is 2.20 bits per heavy atom. The number of hydrogen-bond donors (Lipinski definition) is 0. The first-order valence-corrected chi connectivity index (χ1v) is 11.7. The van der Waals surface area contributed by atoms with Gasteiger partial charge in [0, 0.05) is 24.6 Å². The van der Waals surface area contributed by atoms with Crippen LogP contribution in [-0.4, -0.2) is 36.0 Å². The van der Waals surface area contributed by atoms with Crippen LogP contribution >= 0.6 is 0 Å². The first kappa shape index (κ1) is 20.8. The molecule has 1 aliphatic heterocycles. The van der Waals surface area contributed by atoms with Gasteiger partial charge in [0.25, 0.3) is 0 Å². The van der Waals surface area contributed by atoms with Crippen LogP contribution < -0.4 is 0 Å². The molecule has 1 aliphatic rings. The topological polar surface area (TPSA) is 76.3 Å². The second-order valence-electron chi connectivity index (χ2n) is 8.77. The highest BCUT2D eigenvalue weighted by Crippen LogP contribution is 2.31. The molecule has 0 radical (unpaired) electrons. The van der Waals surface area contributed by atoms with Gasteiger partial charge in [-0.1, -0.05) is 68.4 Å². The zero-order valence-corrected chi connectivity index (χ0v) is 18.4. The van der Waals surface area contributed by atoms with E-state index >= 15 is 0 Å². The highest BCUT2D eigenvalue weighted by atomic mass is 32.2. The lowest BCUT2D eigenvalue weighted by Crippen LogP contribution is -2.38. The molecule has 4 rings (SSSR count). The SMILES string of the molecule is CC(C)(C)c1ccc(S(=O)(=O)N2CCC(c3nc(-c4ccccc4)no3)CC2)cc1. The maximum Gasteiger partial charge on any atom is 0.243 e. The summed E-state index contributed by atoms with van der Waals surface area (Å²) in [5.74, 6) is 1.23. The molecule has 1 aromatic heterocycles. The van der Waals surface area contributed by atoms with E-state index in [1.54, 1.807) is 16.4 Å². The van der Waals surface area contributed by atoms with Gasteiger partial charge in [-0.15, -0.1) is 0 Å². The molecule has 0 aliphatic carbocycles. The largest absolute Gasteiger partial charge is 0.339 e. The number of hydrogen-bond acceptors (Lipinski definition) is 5. The Hall–Kier alpha value is -2.51. The molecule has 0 unspecified atom stereocenters. The van der Waals surface area contributed by atoms with Gasteiger partial charge in [0.15, 0.2) is 0 Å². The predicted octanol–water partition coefficient (Wildman–Crippen LogP) is 4.60. The Labute approximate surface area is 178 Å². The molecule has 2 aromatic carbocycles. The van der Waals surface area contributed by atoms with E-state index in [0.29, 0.717) is 42.5 Å². The van der Waals surface area contributed by atoms with Crippen molar-refractivity contribution in [1.29, 1.82) is 0 Å². The van der Waals surface area contributed by atoms with Crippen molar-refractivity contribution in [3.63, 3.8) is 0 Å². The fraction of sp³-hybridized carbons (Fsp3) is 0.391. The minimum absolute atomic E-state index is 0.0106. The molecule has 158 valence electrons. The fourth-order valence-corrected chi connectivity index (χ4v) is 5.19. The summed E-state index contributed by atoms with van der Waals surface area (Å²) in [7, 11) is -3.50. The third-order valence-corrected chi connectivity index (χ3v) is 7.55. The third kappa shape index (κ3) is 4.18. The van der Waals surface area contributed by atoms with Gasteiger partial charge in [-0.2, -0.15) is 9.29 Å². The number of nitrogens with zero attached hydrogens (tertiary/aromatic N) is 3. The summed E-state index contributed by atoms with van der Waals surface area (Å²) in [5.41, 5.74) is 2.01. The number of benzene rings is 2. The minimum Gasteiger partial charge on any atom is -0.339 e. The van der Waals surface area contributed by atoms with Gasteiger partial charge >= 0.3 is 0 Å². The van der Waals surface area contributed by atoms with Crippen molar-refractivity contribution in [3.8, 4) is 11.4 Å². The molecule has 3 aromatic rings. The van der Waals surface area contributed by atoms with Crippen molar-refractivity contribution in [2.24, 2.45) is 0 Å². The van der Waals surface area contributed by atoms with Crippen molar-refractivity contribution in [1.82, 2.24) is 14.4 Å². The summed E-state index contributed by atoms with van der Waals surface area (Å²) in [4.78, 5) is 4.88. The van der Waals surface area contributed by atoms with Crippen molar-refractivity contribution < 1.29 is 12.9 Å². The number of sulfonamides is 1. The first-order chi connectivity index (χ1) is 14.2. The number of rotatable bonds is 4. The highest BCUT2D eigenvalue weighted by Gasteiger charge is 2.32. The molecule has 1 fully saturated rings. The standard InChI is InChI=1S/C23H27N3O3S/c1-23(2,3)19-9-11-20(12-10-19)30(27,28)26-15-13-18(14-16-26)22-24-21(25-29-22)17-7-5-4-6-8-17/h4-12,18H,13-16H2,1-3H3. The molecule has 0 spiro atoms. The van der Waals surface area contributed by atoms with Gasteiger partial charge in [0.1, 0.15) is 0 Å². The Morgan fingerprint density at radius 2 is 1.60 bits per heavy atom. The number of piperidine rings is 1. The molecule has 0 N–H and O–H groups in total. The smallest absolute Gasteiger partial charge is 0.243 e. The van der Waals surface area contributed by atoms with Crippen LogP contribution in [0.15, 0.2) is 64.0 Å². The Kier molecular flexibility index (Phi) is 5.51. The average molecular weight is 426 g/mol. The van der Waals surface area contributed by atoms with E-state index in [1.165, 1.54) is 0 Å². The van der Waals surface area contributed by atoms with Gasteiger partial charge in [0.05, 0.1) is 4.90 Å². The van der Waals surface area contributed by atoms with Crippen LogP contribution in [0.2, 0.25) is 0 Å². The van der Waals surface area contributed by atoms with Crippen LogP contribution in [0.3, 0.4) is 0 Å². The predicted molar refractivity (Wildman–Crippen MR) is 116 cm³/mol. The summed E-state index contributed by atoms with van der Waals surface area (Å²) in [6.45, 7) is 7.22. The normalized spacial score (nSPS) is 16.6. The van der Waals surface area contributed by atoms with Crippen molar-refractivity contribution in [2.45, 2.75) is 49.8 Å². The molecule has 6 nitrogen and oxygen atoms in total. The van der Waals surface area contributed by atoms with E-state index in [2.05, 4.69) is 30.9 Å². The monoisotopic (exact) mass is 425 g/mol. The number of aromatic nitrogens is 2. The summed E-state index contributed by atoms with van der Waals surface area (Å²) in [5, 5.41) is 4.09. The quantitative estimate of drug-likeness (QED) is 0.610. The Morgan fingerprint density at radius 1 is 0.967 bits per heavy atom. The zero-order valence-electron chi connectivity index (χ0n) is 17.6. The molecule has 0 amide bonds. The summed E-state index contributed by atoms with van der Waals surface area (Å²) < 4.78 is 33.1. The van der Waals surface area contributed by atoms with Crippen molar-refractivity contribution in [2.75, 3.05) is 13.1 Å². The lowest BCUT2D eigenvalue weighted by Gasteiger charge is -2.29. The van der Waals surface area contributed by atoms with Crippen LogP contribution in [0.25, 0.3) is 11.4 Å². The first-order valence-electron chi connectivity index (χ1n) is 10.2. The molecule has 0 bridgehead atoms. The average Bonchev–Trinajstić information content (AvgIpc) is 3.24. The zero-order chi connectivity index (χ0) is 21.4. The molecule has 0 saturated carbocycles. The lowest BCUT2D eigenvalue weighted by atomic mass is 9.87. The maximum atomic E-state index is 13.1. The van der Waals surface area contributed by atoms with Crippen molar-refractivity contribution >= 4 is 10.0 Å². The van der Waals surface area contributed by atoms with Crippen LogP contribution in [-0.2, 0) is 15.4 Å². The van der Waals surface area contributed by atoms with E-state index < -0.39 is 10.0 Å². The van der Waals surface area contributed by atoms with Crippen molar-refractivity contribution in [3.05, 3.63) is 66.1 Å². The van der Waals surface area contributed by atoms with Gasteiger partial charge in [-0.25, -0.2) is 8.42 Å².